The molecule has 0 fully saturated rings. The molecule has 1 aliphatic carbocycles. The van der Waals surface area contributed by atoms with Crippen molar-refractivity contribution < 1.29 is 9.53 Å². The van der Waals surface area contributed by atoms with E-state index in [1.165, 1.54) is 33.5 Å². The Morgan fingerprint density at radius 2 is 2.15 bits per heavy atom. The number of carbonyl (C=O) groups excluding carboxylic acids is 1. The van der Waals surface area contributed by atoms with Gasteiger partial charge in [-0.25, -0.2) is 0 Å². The van der Waals surface area contributed by atoms with E-state index < -0.39 is 0 Å². The number of fused-ring (bicyclic) bond motifs is 1. The summed E-state index contributed by atoms with van der Waals surface area (Å²) in [5.74, 6) is 2.10. The first-order valence-corrected chi connectivity index (χ1v) is 12.8. The average molecular weight is 482 g/mol. The van der Waals surface area contributed by atoms with Crippen LogP contribution in [0.5, 0.6) is 5.75 Å². The zero-order valence-corrected chi connectivity index (χ0v) is 20.8. The highest BCUT2D eigenvalue weighted by molar-refractivity contribution is 7.99. The van der Waals surface area contributed by atoms with Gasteiger partial charge in [-0.2, -0.15) is 5.26 Å². The fraction of sp³-hybridized carbons (Fsp3) is 0.417. The monoisotopic (exact) mass is 481 g/mol. The molecule has 0 saturated carbocycles. The van der Waals surface area contributed by atoms with E-state index in [4.69, 9.17) is 4.74 Å². The van der Waals surface area contributed by atoms with Gasteiger partial charge < -0.3 is 14.6 Å². The molecule has 2 atom stereocenters. The number of hydrogen-bond acceptors (Lipinski definition) is 7. The Hall–Kier alpha value is -2.83. The van der Waals surface area contributed by atoms with Crippen molar-refractivity contribution in [2.75, 3.05) is 11.1 Å². The Bertz CT molecular complexity index is 1190. The fourth-order valence-electron chi connectivity index (χ4n) is 3.93. The third kappa shape index (κ3) is 5.23. The van der Waals surface area contributed by atoms with Gasteiger partial charge in [0.2, 0.25) is 5.91 Å². The summed E-state index contributed by atoms with van der Waals surface area (Å²) in [6, 6.07) is 10.2. The average Bonchev–Trinajstić information content (AvgIpc) is 3.32. The van der Waals surface area contributed by atoms with Crippen molar-refractivity contribution in [3.05, 3.63) is 51.7 Å². The molecular weight excluding hydrogens is 454 g/mol. The Morgan fingerprint density at radius 1 is 1.39 bits per heavy atom. The van der Waals surface area contributed by atoms with Crippen LogP contribution in [0.2, 0.25) is 0 Å². The molecule has 0 spiro atoms. The summed E-state index contributed by atoms with van der Waals surface area (Å²) in [6.45, 7) is 6.18. The number of hydrogen-bond donors (Lipinski definition) is 1. The minimum absolute atomic E-state index is 0.156. The number of anilines is 1. The van der Waals surface area contributed by atoms with Crippen LogP contribution in [0.15, 0.2) is 29.4 Å². The summed E-state index contributed by atoms with van der Waals surface area (Å²) < 4.78 is 7.84. The van der Waals surface area contributed by atoms with Crippen molar-refractivity contribution in [3.8, 4) is 11.8 Å². The minimum atomic E-state index is -0.286. The van der Waals surface area contributed by atoms with Crippen LogP contribution in [0, 0.1) is 24.2 Å². The number of nitriles is 1. The first-order valence-electron chi connectivity index (χ1n) is 11.0. The molecule has 2 heterocycles. The molecule has 7 nitrogen and oxygen atoms in total. The van der Waals surface area contributed by atoms with Crippen LogP contribution in [0.25, 0.3) is 0 Å². The third-order valence-electron chi connectivity index (χ3n) is 5.77. The number of amides is 1. The smallest absolute Gasteiger partial charge is 0.235 e. The van der Waals surface area contributed by atoms with Crippen LogP contribution in [0.1, 0.15) is 53.8 Å². The fourth-order valence-corrected chi connectivity index (χ4v) is 6.02. The standard InChI is InChI=1S/C24H27N5O2S2/c1-14-5-8-17(9-6-14)31-16(3)22-27-28-24(29(22)4)32-13-21(30)26-23-19(12-25)18-10-7-15(2)11-20(18)33-23/h5-6,8-9,15-16H,7,10-11,13H2,1-4H3,(H,26,30). The quantitative estimate of drug-likeness (QED) is 0.475. The molecular formula is C24H27N5O2S2. The first kappa shape index (κ1) is 23.3. The number of nitrogens with one attached hydrogen (secondary N) is 1. The second-order valence-corrected chi connectivity index (χ2v) is 10.5. The van der Waals surface area contributed by atoms with Crippen LogP contribution < -0.4 is 10.1 Å². The molecule has 0 saturated heterocycles. The summed E-state index contributed by atoms with van der Waals surface area (Å²) in [4.78, 5) is 13.9. The van der Waals surface area contributed by atoms with Gasteiger partial charge in [0.25, 0.3) is 0 Å². The van der Waals surface area contributed by atoms with E-state index in [0.717, 1.165) is 30.6 Å². The van der Waals surface area contributed by atoms with Crippen LogP contribution in [-0.4, -0.2) is 26.4 Å². The molecule has 1 amide bonds. The molecule has 4 rings (SSSR count). The number of thiophene rings is 1. The van der Waals surface area contributed by atoms with Crippen molar-refractivity contribution in [3.63, 3.8) is 0 Å². The van der Waals surface area contributed by atoms with Crippen LogP contribution in [0.3, 0.4) is 0 Å². The van der Waals surface area contributed by atoms with Gasteiger partial charge in [0, 0.05) is 11.9 Å². The number of rotatable bonds is 7. The lowest BCUT2D eigenvalue weighted by Crippen LogP contribution is -2.15. The summed E-state index contributed by atoms with van der Waals surface area (Å²) in [5, 5.41) is 22.4. The molecule has 3 aromatic rings. The van der Waals surface area contributed by atoms with E-state index in [1.54, 1.807) is 0 Å². The van der Waals surface area contributed by atoms with E-state index in [2.05, 4.69) is 28.5 Å². The number of aromatic nitrogens is 3. The highest BCUT2D eigenvalue weighted by atomic mass is 32.2. The van der Waals surface area contributed by atoms with Crippen molar-refractivity contribution in [1.29, 1.82) is 5.26 Å². The molecule has 0 aliphatic heterocycles. The summed E-state index contributed by atoms with van der Waals surface area (Å²) >= 11 is 2.85. The predicted molar refractivity (Wildman–Crippen MR) is 131 cm³/mol. The number of thioether (sulfide) groups is 1. The summed E-state index contributed by atoms with van der Waals surface area (Å²) in [5.41, 5.74) is 2.91. The van der Waals surface area contributed by atoms with Crippen LogP contribution >= 0.6 is 23.1 Å². The highest BCUT2D eigenvalue weighted by Gasteiger charge is 2.25. The molecule has 33 heavy (non-hydrogen) atoms. The maximum Gasteiger partial charge on any atom is 0.235 e. The van der Waals surface area contributed by atoms with E-state index in [0.29, 0.717) is 27.5 Å². The van der Waals surface area contributed by atoms with Gasteiger partial charge in [-0.15, -0.1) is 21.5 Å². The molecule has 1 aliphatic rings. The first-order chi connectivity index (χ1) is 15.9. The van der Waals surface area contributed by atoms with Crippen LogP contribution in [0.4, 0.5) is 5.00 Å². The van der Waals surface area contributed by atoms with Crippen molar-refractivity contribution in [2.45, 2.75) is 51.3 Å². The molecule has 2 aromatic heterocycles. The Kier molecular flexibility index (Phi) is 7.05. The third-order valence-corrected chi connectivity index (χ3v) is 7.96. The highest BCUT2D eigenvalue weighted by Crippen LogP contribution is 2.39. The molecule has 172 valence electrons. The van der Waals surface area contributed by atoms with Gasteiger partial charge in [0.05, 0.1) is 11.3 Å². The summed E-state index contributed by atoms with van der Waals surface area (Å²) in [7, 11) is 1.87. The molecule has 1 N–H and O–H groups in total. The number of benzene rings is 1. The van der Waals surface area contributed by atoms with Gasteiger partial charge in [-0.3, -0.25) is 4.79 Å². The molecule has 0 bridgehead atoms. The van der Waals surface area contributed by atoms with Crippen molar-refractivity contribution in [2.24, 2.45) is 13.0 Å². The normalized spacial score (nSPS) is 16.0. The predicted octanol–water partition coefficient (Wildman–Crippen LogP) is 5.05. The Balaban J connectivity index is 1.37. The molecule has 2 unspecified atom stereocenters. The van der Waals surface area contributed by atoms with Gasteiger partial charge >= 0.3 is 0 Å². The Labute approximate surface area is 202 Å². The van der Waals surface area contributed by atoms with Crippen molar-refractivity contribution in [1.82, 2.24) is 14.8 Å². The lowest BCUT2D eigenvalue weighted by Gasteiger charge is -2.17. The Morgan fingerprint density at radius 3 is 2.88 bits per heavy atom. The minimum Gasteiger partial charge on any atom is -0.483 e. The summed E-state index contributed by atoms with van der Waals surface area (Å²) in [6.07, 6.45) is 2.68. The maximum atomic E-state index is 12.6. The molecule has 1 aromatic carbocycles. The van der Waals surface area contributed by atoms with E-state index in [9.17, 15) is 10.1 Å². The molecule has 0 radical (unpaired) electrons. The second kappa shape index (κ2) is 9.98. The largest absolute Gasteiger partial charge is 0.483 e. The lowest BCUT2D eigenvalue weighted by atomic mass is 9.89. The van der Waals surface area contributed by atoms with E-state index >= 15 is 0 Å². The number of carbonyl (C=O) groups is 1. The zero-order valence-electron chi connectivity index (χ0n) is 19.2. The SMILES string of the molecule is Cc1ccc(OC(C)c2nnc(SCC(=O)Nc3sc4c(c3C#N)CCC(C)C4)n2C)cc1. The van der Waals surface area contributed by atoms with E-state index in [-0.39, 0.29) is 17.8 Å². The topological polar surface area (TPSA) is 92.8 Å². The lowest BCUT2D eigenvalue weighted by molar-refractivity contribution is -0.113. The maximum absolute atomic E-state index is 12.6. The van der Waals surface area contributed by atoms with Gasteiger partial charge in [0.15, 0.2) is 17.1 Å². The van der Waals surface area contributed by atoms with Gasteiger partial charge in [0.1, 0.15) is 16.8 Å². The number of nitrogens with zero attached hydrogens (tertiary/aromatic N) is 4. The van der Waals surface area contributed by atoms with Crippen molar-refractivity contribution >= 4 is 34.0 Å². The van der Waals surface area contributed by atoms with Crippen LogP contribution in [-0.2, 0) is 24.7 Å². The zero-order chi connectivity index (χ0) is 23.5. The molecule has 9 heteroatoms. The number of aryl methyl sites for hydroxylation is 1. The van der Waals surface area contributed by atoms with E-state index in [1.807, 2.05) is 49.7 Å². The second-order valence-electron chi connectivity index (χ2n) is 8.48. The van der Waals surface area contributed by atoms with Gasteiger partial charge in [-0.1, -0.05) is 36.4 Å². The van der Waals surface area contributed by atoms with Gasteiger partial charge in [-0.05, 0) is 56.7 Å². The number of ether oxygens (including phenoxy) is 1.